The molecular weight excluding hydrogens is 244 g/mol. The van der Waals surface area contributed by atoms with E-state index in [0.717, 1.165) is 24.6 Å². The smallest absolute Gasteiger partial charge is 0.228 e. The lowest BCUT2D eigenvalue weighted by atomic mass is 10.0. The first-order valence-electron chi connectivity index (χ1n) is 6.58. The zero-order valence-corrected chi connectivity index (χ0v) is 11.0. The Bertz CT molecular complexity index is 474. The number of fused-ring (bicyclic) bond motifs is 1. The van der Waals surface area contributed by atoms with Crippen molar-refractivity contribution in [3.05, 3.63) is 24.3 Å². The zero-order valence-electron chi connectivity index (χ0n) is 11.0. The van der Waals surface area contributed by atoms with Crippen LogP contribution in [0.15, 0.2) is 24.3 Å². The third kappa shape index (κ3) is 2.51. The number of hydrogen-bond donors (Lipinski definition) is 1. The van der Waals surface area contributed by atoms with Crippen molar-refractivity contribution in [2.75, 3.05) is 33.3 Å². The van der Waals surface area contributed by atoms with Gasteiger partial charge >= 0.3 is 0 Å². The van der Waals surface area contributed by atoms with Gasteiger partial charge in [0, 0.05) is 20.1 Å². The quantitative estimate of drug-likeness (QED) is 0.862. The van der Waals surface area contributed by atoms with E-state index in [1.165, 1.54) is 0 Å². The summed E-state index contributed by atoms with van der Waals surface area (Å²) in [6.07, 6.45) is -0.100. The summed E-state index contributed by atoms with van der Waals surface area (Å²) in [4.78, 5) is 13.8. The molecule has 0 bridgehead atoms. The van der Waals surface area contributed by atoms with Crippen LogP contribution in [0.25, 0.3) is 0 Å². The highest BCUT2D eigenvalue weighted by atomic mass is 16.6. The van der Waals surface area contributed by atoms with E-state index in [0.29, 0.717) is 13.2 Å². The third-order valence-corrected chi connectivity index (χ3v) is 3.55. The summed E-state index contributed by atoms with van der Waals surface area (Å²) in [7, 11) is 1.82. The highest BCUT2D eigenvalue weighted by Crippen LogP contribution is 2.31. The second kappa shape index (κ2) is 5.09. The van der Waals surface area contributed by atoms with E-state index in [4.69, 9.17) is 9.47 Å². The minimum Gasteiger partial charge on any atom is -0.486 e. The van der Waals surface area contributed by atoms with E-state index in [-0.39, 0.29) is 17.9 Å². The molecule has 1 fully saturated rings. The van der Waals surface area contributed by atoms with E-state index >= 15 is 0 Å². The second-order valence-corrected chi connectivity index (χ2v) is 5.07. The van der Waals surface area contributed by atoms with Crippen molar-refractivity contribution in [2.24, 2.45) is 5.92 Å². The Morgan fingerprint density at radius 2 is 2.11 bits per heavy atom. The largest absolute Gasteiger partial charge is 0.486 e. The molecular formula is C14H18N2O3. The monoisotopic (exact) mass is 262 g/mol. The number of nitrogens with one attached hydrogen (secondary N) is 1. The SMILES string of the molecule is CN(CC1COc2ccccc2O1)C(=O)C1CNC1. The molecule has 5 heteroatoms. The standard InChI is InChI=1S/C14H18N2O3/c1-16(14(17)10-6-15-7-10)8-11-9-18-12-4-2-3-5-13(12)19-11/h2-5,10-11,15H,6-9H2,1H3. The molecule has 1 aromatic rings. The first kappa shape index (κ1) is 12.3. The predicted octanol–water partition coefficient (Wildman–Crippen LogP) is 0.504. The fourth-order valence-corrected chi connectivity index (χ4v) is 2.32. The molecule has 0 radical (unpaired) electrons. The van der Waals surface area contributed by atoms with Crippen molar-refractivity contribution < 1.29 is 14.3 Å². The molecule has 0 aliphatic carbocycles. The second-order valence-electron chi connectivity index (χ2n) is 5.07. The van der Waals surface area contributed by atoms with Gasteiger partial charge < -0.3 is 19.7 Å². The van der Waals surface area contributed by atoms with E-state index < -0.39 is 0 Å². The molecule has 5 nitrogen and oxygen atoms in total. The number of benzene rings is 1. The average Bonchev–Trinajstić information content (AvgIpc) is 2.36. The molecule has 2 aliphatic rings. The van der Waals surface area contributed by atoms with Crippen LogP contribution in [0.2, 0.25) is 0 Å². The Hall–Kier alpha value is -1.75. The maximum Gasteiger partial charge on any atom is 0.228 e. The first-order chi connectivity index (χ1) is 9.24. The normalized spacial score (nSPS) is 21.6. The molecule has 3 rings (SSSR count). The van der Waals surface area contributed by atoms with Gasteiger partial charge in [0.1, 0.15) is 6.61 Å². The van der Waals surface area contributed by atoms with Gasteiger partial charge in [0.25, 0.3) is 0 Å². The Morgan fingerprint density at radius 3 is 2.79 bits per heavy atom. The van der Waals surface area contributed by atoms with Crippen molar-refractivity contribution in [1.29, 1.82) is 0 Å². The number of hydrogen-bond acceptors (Lipinski definition) is 4. The van der Waals surface area contributed by atoms with E-state index in [1.807, 2.05) is 31.3 Å². The highest BCUT2D eigenvalue weighted by molar-refractivity contribution is 5.80. The fourth-order valence-electron chi connectivity index (χ4n) is 2.32. The lowest BCUT2D eigenvalue weighted by Crippen LogP contribution is -2.53. The summed E-state index contributed by atoms with van der Waals surface area (Å²) in [5, 5.41) is 3.11. The van der Waals surface area contributed by atoms with E-state index in [1.54, 1.807) is 4.90 Å². The summed E-state index contributed by atoms with van der Waals surface area (Å²) in [5.41, 5.74) is 0. The van der Waals surface area contributed by atoms with Crippen molar-refractivity contribution in [1.82, 2.24) is 10.2 Å². The summed E-state index contributed by atoms with van der Waals surface area (Å²) in [6, 6.07) is 7.61. The molecule has 1 unspecified atom stereocenters. The molecule has 1 amide bonds. The molecule has 1 N–H and O–H groups in total. The van der Waals surface area contributed by atoms with Gasteiger partial charge in [-0.05, 0) is 12.1 Å². The number of rotatable bonds is 3. The lowest BCUT2D eigenvalue weighted by Gasteiger charge is -2.33. The van der Waals surface area contributed by atoms with Crippen LogP contribution in [-0.2, 0) is 4.79 Å². The van der Waals surface area contributed by atoms with E-state index in [2.05, 4.69) is 5.32 Å². The molecule has 1 saturated heterocycles. The first-order valence-corrected chi connectivity index (χ1v) is 6.58. The van der Waals surface area contributed by atoms with Gasteiger partial charge in [-0.15, -0.1) is 0 Å². The van der Waals surface area contributed by atoms with Gasteiger partial charge in [0.05, 0.1) is 12.5 Å². The molecule has 1 aromatic carbocycles. The summed E-state index contributed by atoms with van der Waals surface area (Å²) < 4.78 is 11.5. The van der Waals surface area contributed by atoms with E-state index in [9.17, 15) is 4.79 Å². The maximum absolute atomic E-state index is 12.0. The topological polar surface area (TPSA) is 50.8 Å². The minimum atomic E-state index is -0.100. The van der Waals surface area contributed by atoms with Crippen molar-refractivity contribution in [2.45, 2.75) is 6.10 Å². The van der Waals surface area contributed by atoms with Crippen LogP contribution < -0.4 is 14.8 Å². The summed E-state index contributed by atoms with van der Waals surface area (Å²) >= 11 is 0. The Kier molecular flexibility index (Phi) is 3.29. The van der Waals surface area contributed by atoms with Crippen LogP contribution in [0.4, 0.5) is 0 Å². The molecule has 0 spiro atoms. The number of carbonyl (C=O) groups is 1. The summed E-state index contributed by atoms with van der Waals surface area (Å²) in [5.74, 6) is 1.84. The Labute approximate surface area is 112 Å². The minimum absolute atomic E-state index is 0.100. The number of amides is 1. The van der Waals surface area contributed by atoms with Crippen LogP contribution >= 0.6 is 0 Å². The molecule has 0 saturated carbocycles. The van der Waals surface area contributed by atoms with Gasteiger partial charge in [-0.3, -0.25) is 4.79 Å². The summed E-state index contributed by atoms with van der Waals surface area (Å²) in [6.45, 7) is 2.61. The van der Waals surface area contributed by atoms with Gasteiger partial charge in [0.15, 0.2) is 17.6 Å². The third-order valence-electron chi connectivity index (χ3n) is 3.55. The molecule has 1 atom stereocenters. The lowest BCUT2D eigenvalue weighted by molar-refractivity contribution is -0.137. The van der Waals surface area contributed by atoms with Crippen LogP contribution in [0, 0.1) is 5.92 Å². The van der Waals surface area contributed by atoms with Gasteiger partial charge in [-0.2, -0.15) is 0 Å². The fraction of sp³-hybridized carbons (Fsp3) is 0.500. The van der Waals surface area contributed by atoms with Gasteiger partial charge in [-0.25, -0.2) is 0 Å². The van der Waals surface area contributed by atoms with Crippen LogP contribution in [0.1, 0.15) is 0 Å². The Morgan fingerprint density at radius 1 is 1.37 bits per heavy atom. The Balaban J connectivity index is 1.58. The molecule has 2 heterocycles. The zero-order chi connectivity index (χ0) is 13.2. The molecule has 2 aliphatic heterocycles. The maximum atomic E-state index is 12.0. The predicted molar refractivity (Wildman–Crippen MR) is 70.3 cm³/mol. The molecule has 19 heavy (non-hydrogen) atoms. The number of ether oxygens (including phenoxy) is 2. The van der Waals surface area contributed by atoms with Crippen molar-refractivity contribution in [3.8, 4) is 11.5 Å². The number of nitrogens with zero attached hydrogens (tertiary/aromatic N) is 1. The van der Waals surface area contributed by atoms with Gasteiger partial charge in [0.2, 0.25) is 5.91 Å². The molecule has 102 valence electrons. The van der Waals surface area contributed by atoms with Crippen LogP contribution in [0.5, 0.6) is 11.5 Å². The number of para-hydroxylation sites is 2. The van der Waals surface area contributed by atoms with Crippen molar-refractivity contribution in [3.63, 3.8) is 0 Å². The van der Waals surface area contributed by atoms with Gasteiger partial charge in [-0.1, -0.05) is 12.1 Å². The van der Waals surface area contributed by atoms with Crippen LogP contribution in [0.3, 0.4) is 0 Å². The van der Waals surface area contributed by atoms with Crippen molar-refractivity contribution >= 4 is 5.91 Å². The number of likely N-dealkylation sites (N-methyl/N-ethyl adjacent to an activating group) is 1. The number of carbonyl (C=O) groups excluding carboxylic acids is 1. The average molecular weight is 262 g/mol. The van der Waals surface area contributed by atoms with Crippen LogP contribution in [-0.4, -0.2) is 50.2 Å². The highest BCUT2D eigenvalue weighted by Gasteiger charge is 2.30. The molecule has 0 aromatic heterocycles.